The van der Waals surface area contributed by atoms with Crippen LogP contribution >= 0.6 is 0 Å². The Morgan fingerprint density at radius 2 is 1.86 bits per heavy atom. The fourth-order valence-corrected chi connectivity index (χ4v) is 4.39. The van der Waals surface area contributed by atoms with Gasteiger partial charge in [0.15, 0.2) is 5.78 Å². The number of fused-ring (bicyclic) bond motifs is 1. The fraction of sp³-hybridized carbons (Fsp3) is 0.308. The topological polar surface area (TPSA) is 106 Å². The number of carbonyl (C=O) groups excluding carboxylic acids is 2. The number of nitrogens with one attached hydrogen (secondary N) is 1. The van der Waals surface area contributed by atoms with Crippen LogP contribution in [0.3, 0.4) is 0 Å². The van der Waals surface area contributed by atoms with Crippen LogP contribution in [0.4, 0.5) is 0 Å². The normalized spacial score (nSPS) is 14.8. The first-order valence-electron chi connectivity index (χ1n) is 11.7. The summed E-state index contributed by atoms with van der Waals surface area (Å²) in [7, 11) is 3.69. The molecule has 0 saturated carbocycles. The van der Waals surface area contributed by atoms with E-state index in [9.17, 15) is 9.59 Å². The molecule has 0 spiro atoms. The molecule has 3 aromatic heterocycles. The first-order valence-corrected chi connectivity index (χ1v) is 11.7. The number of hydrogen-bond donors (Lipinski definition) is 1. The molecule has 1 aliphatic heterocycles. The van der Waals surface area contributed by atoms with Crippen LogP contribution in [-0.2, 0) is 6.42 Å². The van der Waals surface area contributed by atoms with Crippen molar-refractivity contribution >= 4 is 22.6 Å². The molecule has 1 fully saturated rings. The summed E-state index contributed by atoms with van der Waals surface area (Å²) in [6.45, 7) is 2.18. The Hall–Kier alpha value is -3.98. The number of nitrogens with zero attached hydrogens (tertiary/aromatic N) is 6. The minimum Gasteiger partial charge on any atom is -0.354 e. The van der Waals surface area contributed by atoms with Crippen LogP contribution in [0.5, 0.6) is 0 Å². The standard InChI is InChI=1S/C26H27N7O2/c1-27-26(35)24-6-4-18(14-28-24)25(34)13-21-12-19-11-17(3-5-23(19)31-30-21)20-15-29-33(16-20)22-7-9-32(2)10-8-22/h3-6,11-12,14-16,22H,7-10,13H2,1-2H3,(H,27,35). The van der Waals surface area contributed by atoms with Gasteiger partial charge in [-0.25, -0.2) is 0 Å². The summed E-state index contributed by atoms with van der Waals surface area (Å²) in [6, 6.07) is 11.5. The Bertz CT molecular complexity index is 1370. The van der Waals surface area contributed by atoms with Crippen molar-refractivity contribution in [3.05, 3.63) is 71.9 Å². The Morgan fingerprint density at radius 3 is 2.60 bits per heavy atom. The van der Waals surface area contributed by atoms with Gasteiger partial charge in [-0.05, 0) is 68.9 Å². The van der Waals surface area contributed by atoms with E-state index < -0.39 is 0 Å². The van der Waals surface area contributed by atoms with Gasteiger partial charge in [0, 0.05) is 36.0 Å². The highest BCUT2D eigenvalue weighted by Gasteiger charge is 2.19. The van der Waals surface area contributed by atoms with E-state index in [0.717, 1.165) is 48.0 Å². The zero-order chi connectivity index (χ0) is 24.4. The van der Waals surface area contributed by atoms with E-state index in [0.29, 0.717) is 17.3 Å². The van der Waals surface area contributed by atoms with Crippen molar-refractivity contribution in [3.63, 3.8) is 0 Å². The molecule has 0 radical (unpaired) electrons. The lowest BCUT2D eigenvalue weighted by Gasteiger charge is -2.28. The van der Waals surface area contributed by atoms with Gasteiger partial charge in [-0.2, -0.15) is 15.3 Å². The number of pyridine rings is 1. The highest BCUT2D eigenvalue weighted by atomic mass is 16.1. The first-order chi connectivity index (χ1) is 17.0. The predicted octanol–water partition coefficient (Wildman–Crippen LogP) is 2.94. The molecule has 0 atom stereocenters. The minimum atomic E-state index is -0.294. The Labute approximate surface area is 203 Å². The maximum Gasteiger partial charge on any atom is 0.269 e. The summed E-state index contributed by atoms with van der Waals surface area (Å²) in [6.07, 6.45) is 7.75. The van der Waals surface area contributed by atoms with E-state index >= 15 is 0 Å². The van der Waals surface area contributed by atoms with Crippen molar-refractivity contribution in [1.82, 2.24) is 35.2 Å². The Morgan fingerprint density at radius 1 is 1.03 bits per heavy atom. The van der Waals surface area contributed by atoms with Crippen molar-refractivity contribution in [2.45, 2.75) is 25.3 Å². The molecule has 4 aromatic rings. The number of likely N-dealkylation sites (tertiary alicyclic amines) is 1. The van der Waals surface area contributed by atoms with Crippen molar-refractivity contribution in [2.24, 2.45) is 0 Å². The van der Waals surface area contributed by atoms with E-state index in [-0.39, 0.29) is 23.8 Å². The molecule has 1 aliphatic rings. The van der Waals surface area contributed by atoms with Gasteiger partial charge in [-0.1, -0.05) is 6.07 Å². The summed E-state index contributed by atoms with van der Waals surface area (Å²) >= 11 is 0. The monoisotopic (exact) mass is 469 g/mol. The van der Waals surface area contributed by atoms with Gasteiger partial charge in [-0.15, -0.1) is 0 Å². The van der Waals surface area contributed by atoms with Gasteiger partial charge in [0.25, 0.3) is 5.91 Å². The molecule has 0 bridgehead atoms. The minimum absolute atomic E-state index is 0.0994. The summed E-state index contributed by atoms with van der Waals surface area (Å²) in [5.74, 6) is -0.428. The van der Waals surface area contributed by atoms with Crippen LogP contribution in [0.15, 0.2) is 55.0 Å². The van der Waals surface area contributed by atoms with Gasteiger partial charge in [0.2, 0.25) is 0 Å². The van der Waals surface area contributed by atoms with Crippen molar-refractivity contribution in [2.75, 3.05) is 27.2 Å². The lowest BCUT2D eigenvalue weighted by atomic mass is 10.0. The molecule has 0 unspecified atom stereocenters. The van der Waals surface area contributed by atoms with Gasteiger partial charge < -0.3 is 10.2 Å². The molecule has 1 aromatic carbocycles. The highest BCUT2D eigenvalue weighted by Crippen LogP contribution is 2.27. The van der Waals surface area contributed by atoms with E-state index in [4.69, 9.17) is 0 Å². The van der Waals surface area contributed by atoms with Gasteiger partial charge >= 0.3 is 0 Å². The number of rotatable bonds is 6. The molecular formula is C26H27N7O2. The molecule has 178 valence electrons. The number of carbonyl (C=O) groups is 2. The second-order valence-electron chi connectivity index (χ2n) is 8.96. The third-order valence-corrected chi connectivity index (χ3v) is 6.52. The molecule has 1 saturated heterocycles. The number of hydrogen-bond acceptors (Lipinski definition) is 7. The molecule has 1 amide bonds. The number of piperidine rings is 1. The first kappa shape index (κ1) is 22.8. The van der Waals surface area contributed by atoms with E-state index in [2.05, 4.69) is 54.5 Å². The van der Waals surface area contributed by atoms with Crippen molar-refractivity contribution in [3.8, 4) is 11.1 Å². The van der Waals surface area contributed by atoms with Gasteiger partial charge in [-0.3, -0.25) is 19.3 Å². The summed E-state index contributed by atoms with van der Waals surface area (Å²) in [4.78, 5) is 30.8. The zero-order valence-electron chi connectivity index (χ0n) is 19.8. The molecule has 9 heteroatoms. The van der Waals surface area contributed by atoms with Crippen molar-refractivity contribution < 1.29 is 9.59 Å². The maximum absolute atomic E-state index is 12.7. The van der Waals surface area contributed by atoms with Gasteiger partial charge in [0.1, 0.15) is 5.69 Å². The molecule has 5 rings (SSSR count). The highest BCUT2D eigenvalue weighted by molar-refractivity contribution is 5.98. The molecule has 1 N–H and O–H groups in total. The maximum atomic E-state index is 12.7. The lowest BCUT2D eigenvalue weighted by molar-refractivity contribution is 0.0953. The molecular weight excluding hydrogens is 442 g/mol. The largest absolute Gasteiger partial charge is 0.354 e. The molecule has 35 heavy (non-hydrogen) atoms. The average Bonchev–Trinajstić information content (AvgIpc) is 3.38. The van der Waals surface area contributed by atoms with Crippen LogP contribution in [0.2, 0.25) is 0 Å². The van der Waals surface area contributed by atoms with Crippen LogP contribution in [0.1, 0.15) is 45.4 Å². The summed E-state index contributed by atoms with van der Waals surface area (Å²) in [5, 5.41) is 16.6. The summed E-state index contributed by atoms with van der Waals surface area (Å²) < 4.78 is 2.09. The van der Waals surface area contributed by atoms with Crippen LogP contribution in [0, 0.1) is 0 Å². The average molecular weight is 470 g/mol. The molecule has 9 nitrogen and oxygen atoms in total. The van der Waals surface area contributed by atoms with Crippen LogP contribution < -0.4 is 5.32 Å². The molecule has 0 aliphatic carbocycles. The van der Waals surface area contributed by atoms with E-state index in [1.807, 2.05) is 24.4 Å². The predicted molar refractivity (Wildman–Crippen MR) is 132 cm³/mol. The van der Waals surface area contributed by atoms with E-state index in [1.165, 1.54) is 19.3 Å². The van der Waals surface area contributed by atoms with Crippen LogP contribution in [-0.4, -0.2) is 68.7 Å². The number of Topliss-reactive ketones (excluding diaryl/α,β-unsaturated/α-hetero) is 1. The zero-order valence-corrected chi connectivity index (χ0v) is 19.8. The van der Waals surface area contributed by atoms with Crippen molar-refractivity contribution in [1.29, 1.82) is 0 Å². The number of ketones is 1. The smallest absolute Gasteiger partial charge is 0.269 e. The van der Waals surface area contributed by atoms with Crippen LogP contribution in [0.25, 0.3) is 22.0 Å². The Kier molecular flexibility index (Phi) is 6.33. The number of amides is 1. The third-order valence-electron chi connectivity index (χ3n) is 6.52. The Balaban J connectivity index is 1.33. The number of benzene rings is 1. The second kappa shape index (κ2) is 9.71. The summed E-state index contributed by atoms with van der Waals surface area (Å²) in [5.41, 5.74) is 4.15. The molecule has 4 heterocycles. The third kappa shape index (κ3) is 4.95. The lowest BCUT2D eigenvalue weighted by Crippen LogP contribution is -2.31. The number of aromatic nitrogens is 5. The second-order valence-corrected chi connectivity index (χ2v) is 8.96. The van der Waals surface area contributed by atoms with E-state index in [1.54, 1.807) is 6.07 Å². The quantitative estimate of drug-likeness (QED) is 0.433. The SMILES string of the molecule is CNC(=O)c1ccc(C(=O)Cc2cc3cc(-c4cnn(C5CCN(C)CC5)c4)ccc3nn2)cn1. The van der Waals surface area contributed by atoms with Gasteiger partial charge in [0.05, 0.1) is 29.9 Å². The fourth-order valence-electron chi connectivity index (χ4n) is 4.39.